The second-order valence-electron chi connectivity index (χ2n) is 8.87. The predicted octanol–water partition coefficient (Wildman–Crippen LogP) is 5.36. The fraction of sp³-hybridized carbons (Fsp3) is 0.440. The van der Waals surface area contributed by atoms with Gasteiger partial charge in [0.2, 0.25) is 0 Å². The average molecular weight is 486 g/mol. The van der Waals surface area contributed by atoms with Gasteiger partial charge < -0.3 is 4.74 Å². The zero-order valence-electron chi connectivity index (χ0n) is 19.1. The first-order chi connectivity index (χ1) is 14.7. The summed E-state index contributed by atoms with van der Waals surface area (Å²) >= 11 is 3.49. The van der Waals surface area contributed by atoms with E-state index < -0.39 is 0 Å². The number of hydrogen-bond acceptors (Lipinski definition) is 3. The van der Waals surface area contributed by atoms with Gasteiger partial charge in [-0.1, -0.05) is 51.1 Å². The van der Waals surface area contributed by atoms with E-state index in [1.54, 1.807) is 16.4 Å². The lowest BCUT2D eigenvalue weighted by Gasteiger charge is -2.19. The molecule has 0 amide bonds. The first kappa shape index (κ1) is 23.3. The van der Waals surface area contributed by atoms with Crippen molar-refractivity contribution >= 4 is 15.9 Å². The van der Waals surface area contributed by atoms with Gasteiger partial charge in [0, 0.05) is 13.0 Å². The van der Waals surface area contributed by atoms with Crippen molar-refractivity contribution in [2.24, 2.45) is 0 Å². The Morgan fingerprint density at radius 1 is 1.03 bits per heavy atom. The topological polar surface area (TPSA) is 49.0 Å². The number of hydrogen-bond donors (Lipinski definition) is 0. The van der Waals surface area contributed by atoms with Crippen molar-refractivity contribution < 1.29 is 4.74 Å². The highest BCUT2D eigenvalue weighted by atomic mass is 79.9. The smallest absolute Gasteiger partial charge is 0.346 e. The van der Waals surface area contributed by atoms with Crippen molar-refractivity contribution in [3.8, 4) is 5.75 Å². The number of benzene rings is 2. The van der Waals surface area contributed by atoms with Crippen LogP contribution in [0.15, 0.2) is 51.7 Å². The van der Waals surface area contributed by atoms with E-state index in [-0.39, 0.29) is 11.1 Å². The lowest BCUT2D eigenvalue weighted by atomic mass is 9.87. The zero-order valence-corrected chi connectivity index (χ0v) is 20.7. The Morgan fingerprint density at radius 3 is 2.32 bits per heavy atom. The molecule has 0 spiro atoms. The molecule has 0 fully saturated rings. The molecule has 31 heavy (non-hydrogen) atoms. The second kappa shape index (κ2) is 9.86. The van der Waals surface area contributed by atoms with Crippen LogP contribution in [0.4, 0.5) is 0 Å². The van der Waals surface area contributed by atoms with Gasteiger partial charge in [0.25, 0.3) is 0 Å². The molecule has 0 radical (unpaired) electrons. The molecule has 0 atom stereocenters. The van der Waals surface area contributed by atoms with Crippen LogP contribution in [0, 0.1) is 0 Å². The molecule has 166 valence electrons. The minimum atomic E-state index is -0.0392. The molecule has 0 saturated heterocycles. The molecule has 1 heterocycles. The minimum Gasteiger partial charge on any atom is -0.496 e. The summed E-state index contributed by atoms with van der Waals surface area (Å²) in [5, 5.41) is 4.66. The van der Waals surface area contributed by atoms with Gasteiger partial charge in [0.05, 0.1) is 18.1 Å². The van der Waals surface area contributed by atoms with Crippen LogP contribution in [0.5, 0.6) is 5.75 Å². The SMILES string of the molecule is CCn1c(CCCc2ccc(Br)c(OC)c2)nn(Cc2ccc(C(C)(C)C)cc2)c1=O. The van der Waals surface area contributed by atoms with Gasteiger partial charge in [-0.3, -0.25) is 4.57 Å². The first-order valence-corrected chi connectivity index (χ1v) is 11.6. The average Bonchev–Trinajstić information content (AvgIpc) is 3.03. The highest BCUT2D eigenvalue weighted by molar-refractivity contribution is 9.10. The Balaban J connectivity index is 1.70. The van der Waals surface area contributed by atoms with E-state index >= 15 is 0 Å². The summed E-state index contributed by atoms with van der Waals surface area (Å²) in [5.74, 6) is 1.69. The van der Waals surface area contributed by atoms with Crippen molar-refractivity contribution in [1.29, 1.82) is 0 Å². The quantitative estimate of drug-likeness (QED) is 0.431. The van der Waals surface area contributed by atoms with Crippen LogP contribution in [-0.4, -0.2) is 21.5 Å². The maximum atomic E-state index is 12.8. The Morgan fingerprint density at radius 2 is 1.71 bits per heavy atom. The minimum absolute atomic E-state index is 0.0392. The van der Waals surface area contributed by atoms with Crippen LogP contribution in [0.3, 0.4) is 0 Å². The molecule has 5 nitrogen and oxygen atoms in total. The van der Waals surface area contributed by atoms with E-state index in [4.69, 9.17) is 4.74 Å². The maximum Gasteiger partial charge on any atom is 0.346 e. The zero-order chi connectivity index (χ0) is 22.6. The number of methoxy groups -OCH3 is 1. The lowest BCUT2D eigenvalue weighted by molar-refractivity contribution is 0.411. The number of aryl methyl sites for hydroxylation is 2. The summed E-state index contributed by atoms with van der Waals surface area (Å²) in [5.41, 5.74) is 3.66. The van der Waals surface area contributed by atoms with E-state index in [1.807, 2.05) is 13.0 Å². The Kier molecular flexibility index (Phi) is 7.42. The number of nitrogens with zero attached hydrogens (tertiary/aromatic N) is 3. The monoisotopic (exact) mass is 485 g/mol. The second-order valence-corrected chi connectivity index (χ2v) is 9.72. The third kappa shape index (κ3) is 5.67. The van der Waals surface area contributed by atoms with Crippen molar-refractivity contribution in [2.75, 3.05) is 7.11 Å². The molecule has 3 rings (SSSR count). The molecule has 0 saturated carbocycles. The van der Waals surface area contributed by atoms with Crippen molar-refractivity contribution in [1.82, 2.24) is 14.3 Å². The Bertz CT molecular complexity index is 1080. The van der Waals surface area contributed by atoms with E-state index in [2.05, 4.69) is 78.2 Å². The Hall–Kier alpha value is -2.34. The highest BCUT2D eigenvalue weighted by Gasteiger charge is 2.15. The maximum absolute atomic E-state index is 12.8. The summed E-state index contributed by atoms with van der Waals surface area (Å²) < 4.78 is 9.71. The molecule has 0 N–H and O–H groups in total. The summed E-state index contributed by atoms with van der Waals surface area (Å²) in [6.45, 7) is 9.72. The molecule has 0 aliphatic carbocycles. The summed E-state index contributed by atoms with van der Waals surface area (Å²) in [7, 11) is 1.67. The fourth-order valence-corrected chi connectivity index (χ4v) is 4.09. The van der Waals surface area contributed by atoms with Crippen LogP contribution in [-0.2, 0) is 31.3 Å². The largest absolute Gasteiger partial charge is 0.496 e. The van der Waals surface area contributed by atoms with Crippen LogP contribution in [0.2, 0.25) is 0 Å². The van der Waals surface area contributed by atoms with E-state index in [1.165, 1.54) is 11.1 Å². The Labute approximate surface area is 193 Å². The van der Waals surface area contributed by atoms with E-state index in [0.717, 1.165) is 40.9 Å². The predicted molar refractivity (Wildman–Crippen MR) is 129 cm³/mol. The molecule has 0 aliphatic heterocycles. The van der Waals surface area contributed by atoms with Crippen LogP contribution in [0.25, 0.3) is 0 Å². The van der Waals surface area contributed by atoms with Gasteiger partial charge >= 0.3 is 5.69 Å². The van der Waals surface area contributed by atoms with Crippen LogP contribution >= 0.6 is 15.9 Å². The van der Waals surface area contributed by atoms with Gasteiger partial charge in [-0.15, -0.1) is 0 Å². The number of rotatable bonds is 8. The summed E-state index contributed by atoms with van der Waals surface area (Å²) in [6.07, 6.45) is 2.58. The van der Waals surface area contributed by atoms with Gasteiger partial charge in [-0.25, -0.2) is 9.48 Å². The molecule has 0 unspecified atom stereocenters. The lowest BCUT2D eigenvalue weighted by Crippen LogP contribution is -2.25. The highest BCUT2D eigenvalue weighted by Crippen LogP contribution is 2.26. The molecule has 6 heteroatoms. The number of ether oxygens (including phenoxy) is 1. The third-order valence-corrected chi connectivity index (χ3v) is 6.20. The number of aromatic nitrogens is 3. The van der Waals surface area contributed by atoms with Gasteiger partial charge in [0.1, 0.15) is 11.6 Å². The molecule has 3 aromatic rings. The van der Waals surface area contributed by atoms with E-state index in [0.29, 0.717) is 13.1 Å². The molecule has 2 aromatic carbocycles. The number of halogens is 1. The van der Waals surface area contributed by atoms with Gasteiger partial charge in [-0.2, -0.15) is 5.10 Å². The van der Waals surface area contributed by atoms with Crippen LogP contribution < -0.4 is 10.4 Å². The van der Waals surface area contributed by atoms with E-state index in [9.17, 15) is 4.79 Å². The molecule has 0 aliphatic rings. The molecule has 1 aromatic heterocycles. The molecular weight excluding hydrogens is 454 g/mol. The van der Waals surface area contributed by atoms with Gasteiger partial charge in [-0.05, 0) is 69.9 Å². The first-order valence-electron chi connectivity index (χ1n) is 10.8. The molecular formula is C25H32BrN3O2. The summed E-state index contributed by atoms with van der Waals surface area (Å²) in [6, 6.07) is 14.6. The standard InChI is InChI=1S/C25H32BrN3O2/c1-6-28-23(9-7-8-18-12-15-21(26)22(16-18)31-5)27-29(24(28)30)17-19-10-13-20(14-11-19)25(2,3)4/h10-16H,6-9,17H2,1-5H3. The third-order valence-electron chi connectivity index (χ3n) is 5.55. The van der Waals surface area contributed by atoms with Crippen molar-refractivity contribution in [3.05, 3.63) is 79.9 Å². The molecule has 0 bridgehead atoms. The van der Waals surface area contributed by atoms with Gasteiger partial charge in [0.15, 0.2) is 0 Å². The van der Waals surface area contributed by atoms with Crippen molar-refractivity contribution in [2.45, 2.75) is 65.5 Å². The van der Waals surface area contributed by atoms with Crippen molar-refractivity contribution in [3.63, 3.8) is 0 Å². The normalized spacial score (nSPS) is 11.7. The van der Waals surface area contributed by atoms with Crippen LogP contribution in [0.1, 0.15) is 56.6 Å². The summed E-state index contributed by atoms with van der Waals surface area (Å²) in [4.78, 5) is 12.8. The fourth-order valence-electron chi connectivity index (χ4n) is 3.68.